The third-order valence-corrected chi connectivity index (χ3v) is 4.63. The number of aliphatic hydroxyl groups excluding tert-OH is 1. The minimum Gasteiger partial charge on any atom is -0.619 e. The van der Waals surface area contributed by atoms with E-state index in [1.807, 2.05) is 26.0 Å². The van der Waals surface area contributed by atoms with Gasteiger partial charge in [-0.15, -0.1) is 0 Å². The van der Waals surface area contributed by atoms with E-state index in [4.69, 9.17) is 0 Å². The Kier molecular flexibility index (Phi) is 5.58. The summed E-state index contributed by atoms with van der Waals surface area (Å²) in [5, 5.41) is 31.9. The van der Waals surface area contributed by atoms with E-state index in [0.29, 0.717) is 18.0 Å². The maximum absolute atomic E-state index is 11.4. The lowest BCUT2D eigenvalue weighted by Gasteiger charge is -2.21. The molecular formula is C17H21BrN6O2. The van der Waals surface area contributed by atoms with Gasteiger partial charge in [-0.3, -0.25) is 0 Å². The Morgan fingerprint density at radius 3 is 2.92 bits per heavy atom. The summed E-state index contributed by atoms with van der Waals surface area (Å²) < 4.78 is 3.23. The van der Waals surface area contributed by atoms with Crippen molar-refractivity contribution >= 4 is 33.2 Å². The van der Waals surface area contributed by atoms with Gasteiger partial charge >= 0.3 is 0 Å². The minimum atomic E-state index is -0.104. The lowest BCUT2D eigenvalue weighted by atomic mass is 10.1. The Balaban J connectivity index is 1.90. The highest BCUT2D eigenvalue weighted by Crippen LogP contribution is 2.23. The zero-order valence-corrected chi connectivity index (χ0v) is 16.1. The lowest BCUT2D eigenvalue weighted by molar-refractivity contribution is -0.605. The molecule has 1 atom stereocenters. The number of nitrogens with zero attached hydrogens (tertiary/aromatic N) is 4. The van der Waals surface area contributed by atoms with Gasteiger partial charge in [-0.05, 0) is 27.9 Å². The number of pyridine rings is 1. The molecule has 0 saturated carbocycles. The van der Waals surface area contributed by atoms with Gasteiger partial charge in [0, 0.05) is 24.2 Å². The van der Waals surface area contributed by atoms with Crippen LogP contribution < -0.4 is 15.4 Å². The summed E-state index contributed by atoms with van der Waals surface area (Å²) in [5.41, 5.74) is 1.51. The van der Waals surface area contributed by atoms with Gasteiger partial charge in [0.25, 0.3) is 0 Å². The number of rotatable bonds is 7. The molecule has 3 N–H and O–H groups in total. The van der Waals surface area contributed by atoms with E-state index in [1.54, 1.807) is 16.8 Å². The number of hydrogen-bond acceptors (Lipinski definition) is 6. The monoisotopic (exact) mass is 420 g/mol. The second-order valence-electron chi connectivity index (χ2n) is 6.36. The lowest BCUT2D eigenvalue weighted by Crippen LogP contribution is -2.30. The van der Waals surface area contributed by atoms with Crippen molar-refractivity contribution in [2.75, 3.05) is 17.2 Å². The summed E-state index contributed by atoms with van der Waals surface area (Å²) in [5.74, 6) is 1.62. The molecule has 0 aliphatic rings. The quantitative estimate of drug-likeness (QED) is 0.399. The van der Waals surface area contributed by atoms with E-state index in [1.165, 1.54) is 12.4 Å². The van der Waals surface area contributed by atoms with Crippen LogP contribution >= 0.6 is 15.9 Å². The normalized spacial score (nSPS) is 12.5. The third kappa shape index (κ3) is 4.05. The Morgan fingerprint density at radius 1 is 1.42 bits per heavy atom. The molecule has 0 radical (unpaired) electrons. The molecule has 0 unspecified atom stereocenters. The molecule has 0 aliphatic carbocycles. The summed E-state index contributed by atoms with van der Waals surface area (Å²) in [6, 6.07) is 5.32. The fraction of sp³-hybridized carbons (Fsp3) is 0.353. The van der Waals surface area contributed by atoms with Crippen molar-refractivity contribution in [2.45, 2.75) is 26.4 Å². The van der Waals surface area contributed by atoms with Gasteiger partial charge in [0.1, 0.15) is 11.6 Å². The number of nitrogens with one attached hydrogen (secondary N) is 2. The second-order valence-corrected chi connectivity index (χ2v) is 7.21. The average molecular weight is 421 g/mol. The van der Waals surface area contributed by atoms with Crippen molar-refractivity contribution < 1.29 is 9.84 Å². The topological polar surface area (TPSA) is 101 Å². The van der Waals surface area contributed by atoms with Crippen LogP contribution in [0.25, 0.3) is 5.65 Å². The number of fused-ring (bicyclic) bond motifs is 1. The van der Waals surface area contributed by atoms with Crippen molar-refractivity contribution in [3.63, 3.8) is 0 Å². The number of halogens is 1. The highest BCUT2D eigenvalue weighted by Gasteiger charge is 2.15. The van der Waals surface area contributed by atoms with Crippen LogP contribution in [-0.2, 0) is 6.54 Å². The van der Waals surface area contributed by atoms with E-state index in [0.717, 1.165) is 20.6 Å². The molecule has 3 aromatic heterocycles. The average Bonchev–Trinajstić information content (AvgIpc) is 2.98. The fourth-order valence-electron chi connectivity index (χ4n) is 2.55. The highest BCUT2D eigenvalue weighted by molar-refractivity contribution is 9.10. The molecule has 3 heterocycles. The summed E-state index contributed by atoms with van der Waals surface area (Å²) in [4.78, 5) is 4.57. The summed E-state index contributed by atoms with van der Waals surface area (Å²) in [6.07, 6.45) is 4.64. The smallest absolute Gasteiger partial charge is 0.185 e. The Bertz CT molecular complexity index is 898. The Morgan fingerprint density at radius 2 is 2.23 bits per heavy atom. The van der Waals surface area contributed by atoms with Crippen LogP contribution in [0.1, 0.15) is 19.4 Å². The number of aliphatic hydroxyl groups is 1. The predicted molar refractivity (Wildman–Crippen MR) is 103 cm³/mol. The number of aromatic nitrogens is 4. The first-order valence-corrected chi connectivity index (χ1v) is 9.10. The molecule has 0 spiro atoms. The number of anilines is 2. The van der Waals surface area contributed by atoms with Gasteiger partial charge in [-0.1, -0.05) is 13.8 Å². The van der Waals surface area contributed by atoms with Crippen LogP contribution in [0.4, 0.5) is 11.6 Å². The van der Waals surface area contributed by atoms with Crippen LogP contribution in [0.15, 0.2) is 41.3 Å². The maximum Gasteiger partial charge on any atom is 0.185 e. The largest absolute Gasteiger partial charge is 0.619 e. The molecule has 26 heavy (non-hydrogen) atoms. The molecule has 3 aromatic rings. The molecule has 9 heteroatoms. The predicted octanol–water partition coefficient (Wildman–Crippen LogP) is 2.17. The second kappa shape index (κ2) is 7.88. The SMILES string of the molecule is CC(C)[C@H](CO)Nc1cc(NCc2ccc[n+]([O-])c2)n2ncc(Br)c2n1. The van der Waals surface area contributed by atoms with E-state index in [9.17, 15) is 10.3 Å². The molecule has 0 saturated heterocycles. The first-order valence-electron chi connectivity index (χ1n) is 8.31. The molecule has 0 amide bonds. The molecule has 0 aliphatic heterocycles. The third-order valence-electron chi connectivity index (χ3n) is 4.07. The van der Waals surface area contributed by atoms with Gasteiger partial charge in [-0.25, -0.2) is 4.98 Å². The molecule has 138 valence electrons. The van der Waals surface area contributed by atoms with Gasteiger partial charge < -0.3 is 20.9 Å². The standard InChI is InChI=1S/C17H21BrN6O2/c1-11(2)14(10-25)21-15-6-16(24-17(22-15)13(18)8-20-24)19-7-12-4-3-5-23(26)9-12/h3-6,8-9,11,14,19,25H,7,10H2,1-2H3,(H,21,22)/t14-/m0/s1. The maximum atomic E-state index is 11.4. The van der Waals surface area contributed by atoms with Crippen molar-refractivity contribution in [1.82, 2.24) is 14.6 Å². The van der Waals surface area contributed by atoms with Gasteiger partial charge in [0.15, 0.2) is 18.0 Å². The van der Waals surface area contributed by atoms with Crippen molar-refractivity contribution in [2.24, 2.45) is 5.92 Å². The van der Waals surface area contributed by atoms with Crippen LogP contribution in [0.2, 0.25) is 0 Å². The summed E-state index contributed by atoms with van der Waals surface area (Å²) >= 11 is 3.46. The summed E-state index contributed by atoms with van der Waals surface area (Å²) in [6.45, 7) is 4.55. The highest BCUT2D eigenvalue weighted by atomic mass is 79.9. The van der Waals surface area contributed by atoms with Crippen LogP contribution in [0, 0.1) is 11.1 Å². The Labute approximate surface area is 159 Å². The zero-order chi connectivity index (χ0) is 18.7. The van der Waals surface area contributed by atoms with E-state index >= 15 is 0 Å². The molecule has 0 bridgehead atoms. The summed E-state index contributed by atoms with van der Waals surface area (Å²) in [7, 11) is 0. The van der Waals surface area contributed by atoms with Crippen molar-refractivity contribution in [3.8, 4) is 0 Å². The van der Waals surface area contributed by atoms with Crippen LogP contribution in [0.5, 0.6) is 0 Å². The van der Waals surface area contributed by atoms with E-state index in [-0.39, 0.29) is 18.6 Å². The van der Waals surface area contributed by atoms with E-state index in [2.05, 4.69) is 36.6 Å². The van der Waals surface area contributed by atoms with E-state index < -0.39 is 0 Å². The Hall–Kier alpha value is -2.39. The fourth-order valence-corrected chi connectivity index (χ4v) is 2.90. The zero-order valence-electron chi connectivity index (χ0n) is 14.6. The van der Waals surface area contributed by atoms with Crippen molar-refractivity contribution in [3.05, 3.63) is 52.0 Å². The first kappa shape index (κ1) is 18.4. The van der Waals surface area contributed by atoms with Crippen LogP contribution in [0.3, 0.4) is 0 Å². The molecule has 0 aromatic carbocycles. The van der Waals surface area contributed by atoms with Gasteiger partial charge in [-0.2, -0.15) is 14.3 Å². The van der Waals surface area contributed by atoms with Gasteiger partial charge in [0.2, 0.25) is 0 Å². The van der Waals surface area contributed by atoms with Crippen LogP contribution in [-0.4, -0.2) is 32.4 Å². The van der Waals surface area contributed by atoms with Gasteiger partial charge in [0.05, 0.1) is 23.3 Å². The molecular weight excluding hydrogens is 400 g/mol. The molecule has 3 rings (SSSR count). The van der Waals surface area contributed by atoms with Crippen molar-refractivity contribution in [1.29, 1.82) is 0 Å². The molecule has 8 nitrogen and oxygen atoms in total. The minimum absolute atomic E-state index is 0.0151. The molecule has 0 fully saturated rings. The first-order chi connectivity index (χ1) is 12.5. The number of hydrogen-bond donors (Lipinski definition) is 3.